The van der Waals surface area contributed by atoms with Crippen LogP contribution in [0.25, 0.3) is 0 Å². The molecule has 0 bridgehead atoms. The summed E-state index contributed by atoms with van der Waals surface area (Å²) in [6.45, 7) is 2.48. The van der Waals surface area contributed by atoms with Crippen LogP contribution in [0, 0.1) is 6.92 Å². The first-order valence-corrected chi connectivity index (χ1v) is 4.84. The second-order valence-electron chi connectivity index (χ2n) is 3.85. The van der Waals surface area contributed by atoms with Crippen molar-refractivity contribution in [1.82, 2.24) is 5.32 Å². The molecule has 3 atom stereocenters. The average molecular weight is 230 g/mol. The number of aliphatic hydroxyl groups is 2. The van der Waals surface area contributed by atoms with Crippen molar-refractivity contribution in [2.45, 2.75) is 25.2 Å². The minimum Gasteiger partial charge on any atom is -0.389 e. The van der Waals surface area contributed by atoms with E-state index >= 15 is 0 Å². The van der Waals surface area contributed by atoms with Crippen LogP contribution in [0.2, 0.25) is 0 Å². The highest BCUT2D eigenvalue weighted by Crippen LogP contribution is 2.23. The summed E-state index contributed by atoms with van der Waals surface area (Å²) in [7, 11) is 0. The average Bonchev–Trinajstić information content (AvgIpc) is 2.50. The maximum Gasteiger partial charge on any atom is 0.101 e. The molecule has 1 aromatic rings. The second kappa shape index (κ2) is 4.94. The number of aryl methyl sites for hydroxylation is 1. The Kier molecular flexibility index (Phi) is 4.11. The Balaban J connectivity index is 0.00000112. The summed E-state index contributed by atoms with van der Waals surface area (Å²) in [4.78, 5) is 0. The van der Waals surface area contributed by atoms with Gasteiger partial charge in [-0.3, -0.25) is 0 Å². The molecular formula is C11H16ClNO2. The number of nitrogens with one attached hydrogen (secondary N) is 1. The third-order valence-corrected chi connectivity index (χ3v) is 2.72. The van der Waals surface area contributed by atoms with E-state index in [9.17, 15) is 10.2 Å². The smallest absolute Gasteiger partial charge is 0.101 e. The number of β-amino-alcohol motifs (C(OH)–C–C–N with tert-alkyl or cyclic N) is 1. The molecule has 4 heteroatoms. The predicted molar refractivity (Wildman–Crippen MR) is 61.2 cm³/mol. The first-order chi connectivity index (χ1) is 6.68. The van der Waals surface area contributed by atoms with Gasteiger partial charge in [-0.25, -0.2) is 0 Å². The first-order valence-electron chi connectivity index (χ1n) is 4.84. The van der Waals surface area contributed by atoms with E-state index in [1.807, 2.05) is 31.2 Å². The number of halogens is 1. The van der Waals surface area contributed by atoms with E-state index in [0.717, 1.165) is 5.56 Å². The van der Waals surface area contributed by atoms with Crippen LogP contribution in [-0.2, 0) is 0 Å². The molecule has 0 spiro atoms. The second-order valence-corrected chi connectivity index (χ2v) is 3.85. The lowest BCUT2D eigenvalue weighted by molar-refractivity contribution is 0.0405. The summed E-state index contributed by atoms with van der Waals surface area (Å²) in [5.41, 5.74) is 2.22. The molecule has 3 nitrogen and oxygen atoms in total. The lowest BCUT2D eigenvalue weighted by Gasteiger charge is -2.16. The molecule has 1 aromatic carbocycles. The highest BCUT2D eigenvalue weighted by Gasteiger charge is 2.33. The van der Waals surface area contributed by atoms with Crippen LogP contribution in [0.15, 0.2) is 24.3 Å². The molecule has 0 aliphatic carbocycles. The van der Waals surface area contributed by atoms with Gasteiger partial charge in [0.25, 0.3) is 0 Å². The van der Waals surface area contributed by atoms with Crippen molar-refractivity contribution in [3.05, 3.63) is 35.4 Å². The standard InChI is InChI=1S/C11H15NO2.ClH/c1-7-2-4-8(5-3-7)10-11(14)9(13)6-12-10;/h2-5,9-14H,6H2,1H3;1H/t9-,10-,11+;/m0./s1. The quantitative estimate of drug-likeness (QED) is 0.667. The van der Waals surface area contributed by atoms with E-state index in [2.05, 4.69) is 5.32 Å². The van der Waals surface area contributed by atoms with Gasteiger partial charge in [-0.1, -0.05) is 29.8 Å². The number of aliphatic hydroxyl groups excluding tert-OH is 2. The van der Waals surface area contributed by atoms with Crippen LogP contribution in [-0.4, -0.2) is 29.0 Å². The van der Waals surface area contributed by atoms with Gasteiger partial charge < -0.3 is 15.5 Å². The number of benzene rings is 1. The fourth-order valence-corrected chi connectivity index (χ4v) is 1.80. The maximum absolute atomic E-state index is 9.67. The van der Waals surface area contributed by atoms with Crippen molar-refractivity contribution in [1.29, 1.82) is 0 Å². The minimum absolute atomic E-state index is 0. The third kappa shape index (κ3) is 2.49. The summed E-state index contributed by atoms with van der Waals surface area (Å²) >= 11 is 0. The normalized spacial score (nSPS) is 29.9. The third-order valence-electron chi connectivity index (χ3n) is 2.72. The van der Waals surface area contributed by atoms with Crippen molar-refractivity contribution in [3.63, 3.8) is 0 Å². The van der Waals surface area contributed by atoms with Crippen molar-refractivity contribution in [3.8, 4) is 0 Å². The van der Waals surface area contributed by atoms with Gasteiger partial charge in [-0.05, 0) is 12.5 Å². The number of hydrogen-bond acceptors (Lipinski definition) is 3. The van der Waals surface area contributed by atoms with Gasteiger partial charge in [0.2, 0.25) is 0 Å². The molecule has 0 aromatic heterocycles. The molecule has 0 saturated carbocycles. The largest absolute Gasteiger partial charge is 0.389 e. The molecule has 2 rings (SSSR count). The van der Waals surface area contributed by atoms with Crippen LogP contribution in [0.3, 0.4) is 0 Å². The zero-order valence-corrected chi connectivity index (χ0v) is 9.37. The lowest BCUT2D eigenvalue weighted by Crippen LogP contribution is -2.25. The topological polar surface area (TPSA) is 52.5 Å². The van der Waals surface area contributed by atoms with Gasteiger partial charge >= 0.3 is 0 Å². The zero-order valence-electron chi connectivity index (χ0n) is 8.55. The molecule has 1 aliphatic heterocycles. The van der Waals surface area contributed by atoms with E-state index in [1.165, 1.54) is 5.56 Å². The van der Waals surface area contributed by atoms with Crippen molar-refractivity contribution < 1.29 is 10.2 Å². The highest BCUT2D eigenvalue weighted by molar-refractivity contribution is 5.85. The Morgan fingerprint density at radius 1 is 1.20 bits per heavy atom. The van der Waals surface area contributed by atoms with Crippen LogP contribution < -0.4 is 5.32 Å². The molecule has 1 fully saturated rings. The van der Waals surface area contributed by atoms with E-state index in [-0.39, 0.29) is 18.4 Å². The van der Waals surface area contributed by atoms with E-state index in [4.69, 9.17) is 0 Å². The molecular weight excluding hydrogens is 214 g/mol. The SMILES string of the molecule is Cc1ccc([C@@H]2NC[C@H](O)[C@H]2O)cc1.Cl. The molecule has 0 radical (unpaired) electrons. The Bertz CT molecular complexity index is 315. The van der Waals surface area contributed by atoms with Crippen molar-refractivity contribution in [2.75, 3.05) is 6.54 Å². The molecule has 3 N–H and O–H groups in total. The molecule has 84 valence electrons. The van der Waals surface area contributed by atoms with E-state index in [1.54, 1.807) is 0 Å². The molecule has 0 unspecified atom stereocenters. The van der Waals surface area contributed by atoms with Crippen LogP contribution >= 0.6 is 12.4 Å². The fraction of sp³-hybridized carbons (Fsp3) is 0.455. The Hall–Kier alpha value is -0.610. The number of rotatable bonds is 1. The molecule has 1 aliphatic rings. The van der Waals surface area contributed by atoms with E-state index in [0.29, 0.717) is 6.54 Å². The van der Waals surface area contributed by atoms with Crippen LogP contribution in [0.1, 0.15) is 17.2 Å². The molecule has 1 heterocycles. The fourth-order valence-electron chi connectivity index (χ4n) is 1.80. The van der Waals surface area contributed by atoms with Crippen molar-refractivity contribution in [2.24, 2.45) is 0 Å². The van der Waals surface area contributed by atoms with Gasteiger partial charge in [0.15, 0.2) is 0 Å². The Morgan fingerprint density at radius 2 is 1.80 bits per heavy atom. The molecule has 1 saturated heterocycles. The van der Waals surface area contributed by atoms with Crippen LogP contribution in [0.4, 0.5) is 0 Å². The highest BCUT2D eigenvalue weighted by atomic mass is 35.5. The number of hydrogen-bond donors (Lipinski definition) is 3. The summed E-state index contributed by atoms with van der Waals surface area (Å²) in [5.74, 6) is 0. The zero-order chi connectivity index (χ0) is 10.1. The molecule has 15 heavy (non-hydrogen) atoms. The van der Waals surface area contributed by atoms with E-state index < -0.39 is 12.2 Å². The Morgan fingerprint density at radius 3 is 2.27 bits per heavy atom. The monoisotopic (exact) mass is 229 g/mol. The summed E-state index contributed by atoms with van der Waals surface area (Å²) in [5, 5.41) is 22.1. The van der Waals surface area contributed by atoms with Gasteiger partial charge in [-0.15, -0.1) is 12.4 Å². The Labute approximate surface area is 95.5 Å². The maximum atomic E-state index is 9.67. The molecule has 0 amide bonds. The summed E-state index contributed by atoms with van der Waals surface area (Å²) in [6, 6.07) is 7.84. The van der Waals surface area contributed by atoms with Gasteiger partial charge in [0.05, 0.1) is 12.1 Å². The van der Waals surface area contributed by atoms with Gasteiger partial charge in [-0.2, -0.15) is 0 Å². The predicted octanol–water partition coefficient (Wildman–Crippen LogP) is 0.783. The summed E-state index contributed by atoms with van der Waals surface area (Å²) in [6.07, 6.45) is -1.35. The van der Waals surface area contributed by atoms with Crippen LogP contribution in [0.5, 0.6) is 0 Å². The summed E-state index contributed by atoms with van der Waals surface area (Å²) < 4.78 is 0. The first kappa shape index (κ1) is 12.5. The lowest BCUT2D eigenvalue weighted by atomic mass is 10.0. The van der Waals surface area contributed by atoms with Crippen molar-refractivity contribution >= 4 is 12.4 Å². The van der Waals surface area contributed by atoms with Gasteiger partial charge in [0, 0.05) is 6.54 Å². The minimum atomic E-state index is -0.697. The van der Waals surface area contributed by atoms with Gasteiger partial charge in [0.1, 0.15) is 6.10 Å².